The van der Waals surface area contributed by atoms with Gasteiger partial charge in [-0.3, -0.25) is 0 Å². The Kier molecular flexibility index (Phi) is 2.47. The molecule has 0 fully saturated rings. The number of fused-ring (bicyclic) bond motifs is 3. The van der Waals surface area contributed by atoms with Gasteiger partial charge in [0.1, 0.15) is 5.82 Å². The predicted molar refractivity (Wildman–Crippen MR) is 89.6 cm³/mol. The van der Waals surface area contributed by atoms with Crippen molar-refractivity contribution in [1.82, 2.24) is 14.5 Å². The molecular formula is C16H14N6. The lowest BCUT2D eigenvalue weighted by molar-refractivity contribution is 1.13. The molecule has 6 nitrogen and oxygen atoms in total. The van der Waals surface area contributed by atoms with Crippen molar-refractivity contribution >= 4 is 39.3 Å². The standard InChI is InChI=1S/C16H14N6/c17-9-1-3-10(4-2-9)22-8-7-11-13(22)6-5-12-14(11)15(18)21-16(19)20-12/h1-8H,17H2,(H4,18,19,20,21). The molecule has 0 atom stereocenters. The average molecular weight is 290 g/mol. The molecule has 2 aromatic heterocycles. The Hall–Kier alpha value is -3.28. The van der Waals surface area contributed by atoms with Gasteiger partial charge in [0.2, 0.25) is 5.95 Å². The van der Waals surface area contributed by atoms with Crippen LogP contribution in [0.3, 0.4) is 0 Å². The highest BCUT2D eigenvalue weighted by atomic mass is 15.0. The molecular weight excluding hydrogens is 276 g/mol. The minimum absolute atomic E-state index is 0.183. The fraction of sp³-hybridized carbons (Fsp3) is 0. The number of nitrogens with zero attached hydrogens (tertiary/aromatic N) is 3. The second kappa shape index (κ2) is 4.36. The minimum atomic E-state index is 0.183. The van der Waals surface area contributed by atoms with Crippen molar-refractivity contribution in [3.05, 3.63) is 48.7 Å². The van der Waals surface area contributed by atoms with E-state index in [2.05, 4.69) is 14.5 Å². The first-order valence-corrected chi connectivity index (χ1v) is 6.82. The van der Waals surface area contributed by atoms with Gasteiger partial charge in [-0.2, -0.15) is 4.98 Å². The number of rotatable bonds is 1. The number of nitrogens with two attached hydrogens (primary N) is 3. The molecule has 0 spiro atoms. The summed E-state index contributed by atoms with van der Waals surface area (Å²) in [6, 6.07) is 13.6. The summed E-state index contributed by atoms with van der Waals surface area (Å²) in [6.45, 7) is 0. The fourth-order valence-electron chi connectivity index (χ4n) is 2.76. The highest BCUT2D eigenvalue weighted by Gasteiger charge is 2.11. The molecule has 0 saturated heterocycles. The molecule has 0 radical (unpaired) electrons. The number of benzene rings is 2. The van der Waals surface area contributed by atoms with E-state index in [9.17, 15) is 0 Å². The Bertz CT molecular complexity index is 1000. The van der Waals surface area contributed by atoms with Gasteiger partial charge in [0.15, 0.2) is 0 Å². The van der Waals surface area contributed by atoms with E-state index in [1.165, 1.54) is 0 Å². The second-order valence-electron chi connectivity index (χ2n) is 5.14. The maximum atomic E-state index is 6.03. The van der Waals surface area contributed by atoms with Gasteiger partial charge in [-0.1, -0.05) is 0 Å². The summed E-state index contributed by atoms with van der Waals surface area (Å²) in [4.78, 5) is 8.31. The van der Waals surface area contributed by atoms with Crippen LogP contribution in [-0.2, 0) is 0 Å². The van der Waals surface area contributed by atoms with Gasteiger partial charge in [-0.05, 0) is 42.5 Å². The van der Waals surface area contributed by atoms with Gasteiger partial charge < -0.3 is 21.8 Å². The number of anilines is 3. The SMILES string of the molecule is Nc1ccc(-n2ccc3c4c(N)nc(N)nc4ccc32)cc1. The smallest absolute Gasteiger partial charge is 0.222 e. The summed E-state index contributed by atoms with van der Waals surface area (Å²) in [6.07, 6.45) is 1.99. The zero-order valence-corrected chi connectivity index (χ0v) is 11.7. The lowest BCUT2D eigenvalue weighted by atomic mass is 10.1. The molecule has 2 aromatic carbocycles. The molecule has 0 aliphatic carbocycles. The Labute approximate surface area is 126 Å². The Balaban J connectivity index is 2.04. The van der Waals surface area contributed by atoms with E-state index >= 15 is 0 Å². The van der Waals surface area contributed by atoms with Gasteiger partial charge in [0.05, 0.1) is 16.4 Å². The third kappa shape index (κ3) is 1.74. The summed E-state index contributed by atoms with van der Waals surface area (Å²) in [5, 5.41) is 1.81. The van der Waals surface area contributed by atoms with Crippen LogP contribution in [0.25, 0.3) is 27.5 Å². The zero-order valence-electron chi connectivity index (χ0n) is 11.7. The minimum Gasteiger partial charge on any atom is -0.399 e. The summed E-state index contributed by atoms with van der Waals surface area (Å²) >= 11 is 0. The van der Waals surface area contributed by atoms with E-state index in [-0.39, 0.29) is 5.95 Å². The van der Waals surface area contributed by atoms with E-state index in [0.717, 1.165) is 33.2 Å². The second-order valence-corrected chi connectivity index (χ2v) is 5.14. The van der Waals surface area contributed by atoms with Crippen molar-refractivity contribution in [1.29, 1.82) is 0 Å². The lowest BCUT2D eigenvalue weighted by Crippen LogP contribution is -2.00. The van der Waals surface area contributed by atoms with Gasteiger partial charge >= 0.3 is 0 Å². The van der Waals surface area contributed by atoms with E-state index in [1.807, 2.05) is 48.7 Å². The monoisotopic (exact) mass is 290 g/mol. The molecule has 6 N–H and O–H groups in total. The maximum Gasteiger partial charge on any atom is 0.222 e. The first-order valence-electron chi connectivity index (χ1n) is 6.82. The molecule has 0 amide bonds. The van der Waals surface area contributed by atoms with Crippen molar-refractivity contribution < 1.29 is 0 Å². The molecule has 0 saturated carbocycles. The van der Waals surface area contributed by atoms with Crippen LogP contribution >= 0.6 is 0 Å². The normalized spacial score (nSPS) is 11.3. The highest BCUT2D eigenvalue weighted by molar-refractivity contribution is 6.10. The van der Waals surface area contributed by atoms with Crippen LogP contribution < -0.4 is 17.2 Å². The zero-order chi connectivity index (χ0) is 15.3. The Morgan fingerprint density at radius 1 is 0.818 bits per heavy atom. The van der Waals surface area contributed by atoms with Crippen LogP contribution in [0.1, 0.15) is 0 Å². The summed E-state index contributed by atoms with van der Waals surface area (Å²) in [5.41, 5.74) is 21.0. The van der Waals surface area contributed by atoms with Crippen molar-refractivity contribution in [3.8, 4) is 5.69 Å². The summed E-state index contributed by atoms with van der Waals surface area (Å²) < 4.78 is 2.07. The van der Waals surface area contributed by atoms with Crippen molar-refractivity contribution in [2.75, 3.05) is 17.2 Å². The molecule has 22 heavy (non-hydrogen) atoms. The van der Waals surface area contributed by atoms with Crippen LogP contribution in [-0.4, -0.2) is 14.5 Å². The molecule has 0 aliphatic rings. The number of hydrogen-bond donors (Lipinski definition) is 3. The molecule has 6 heteroatoms. The summed E-state index contributed by atoms with van der Waals surface area (Å²) in [7, 11) is 0. The Morgan fingerprint density at radius 3 is 2.36 bits per heavy atom. The van der Waals surface area contributed by atoms with Crippen molar-refractivity contribution in [2.45, 2.75) is 0 Å². The molecule has 2 heterocycles. The third-order valence-electron chi connectivity index (χ3n) is 3.75. The molecule has 4 aromatic rings. The van der Waals surface area contributed by atoms with E-state index in [1.54, 1.807) is 0 Å². The Morgan fingerprint density at radius 2 is 1.59 bits per heavy atom. The van der Waals surface area contributed by atoms with Crippen molar-refractivity contribution in [2.24, 2.45) is 0 Å². The van der Waals surface area contributed by atoms with Gasteiger partial charge in [0.25, 0.3) is 0 Å². The largest absolute Gasteiger partial charge is 0.399 e. The van der Waals surface area contributed by atoms with Gasteiger partial charge in [0, 0.05) is 23.0 Å². The molecule has 0 bridgehead atoms. The lowest BCUT2D eigenvalue weighted by Gasteiger charge is -2.08. The van der Waals surface area contributed by atoms with Crippen LogP contribution in [0.5, 0.6) is 0 Å². The number of hydrogen-bond acceptors (Lipinski definition) is 5. The first-order chi connectivity index (χ1) is 10.6. The van der Waals surface area contributed by atoms with E-state index in [4.69, 9.17) is 17.2 Å². The fourth-order valence-corrected chi connectivity index (χ4v) is 2.76. The van der Waals surface area contributed by atoms with Crippen LogP contribution in [0, 0.1) is 0 Å². The van der Waals surface area contributed by atoms with Gasteiger partial charge in [-0.15, -0.1) is 0 Å². The van der Waals surface area contributed by atoms with Crippen molar-refractivity contribution in [3.63, 3.8) is 0 Å². The molecule has 0 unspecified atom stereocenters. The van der Waals surface area contributed by atoms with Gasteiger partial charge in [-0.25, -0.2) is 4.98 Å². The first kappa shape index (κ1) is 12.5. The molecule has 108 valence electrons. The quantitative estimate of drug-likeness (QED) is 0.466. The van der Waals surface area contributed by atoms with E-state index < -0.39 is 0 Å². The number of aromatic nitrogens is 3. The van der Waals surface area contributed by atoms with E-state index in [0.29, 0.717) is 5.82 Å². The van der Waals surface area contributed by atoms with Crippen LogP contribution in [0.4, 0.5) is 17.5 Å². The highest BCUT2D eigenvalue weighted by Crippen LogP contribution is 2.30. The third-order valence-corrected chi connectivity index (χ3v) is 3.75. The van der Waals surface area contributed by atoms with Crippen LogP contribution in [0.2, 0.25) is 0 Å². The molecule has 4 rings (SSSR count). The molecule has 0 aliphatic heterocycles. The average Bonchev–Trinajstić information content (AvgIpc) is 2.91. The maximum absolute atomic E-state index is 6.03. The predicted octanol–water partition coefficient (Wildman–Crippen LogP) is 2.32. The topological polar surface area (TPSA) is 109 Å². The van der Waals surface area contributed by atoms with Crippen LogP contribution in [0.15, 0.2) is 48.7 Å². The summed E-state index contributed by atoms with van der Waals surface area (Å²) in [5.74, 6) is 0.575. The number of nitrogen functional groups attached to an aromatic ring is 3.